The Kier molecular flexibility index (Phi) is 5.46. The normalized spacial score (nSPS) is 11.5. The van der Waals surface area contributed by atoms with Gasteiger partial charge in [0.1, 0.15) is 10.6 Å². The predicted molar refractivity (Wildman–Crippen MR) is 93.3 cm³/mol. The van der Waals surface area contributed by atoms with Crippen molar-refractivity contribution in [1.82, 2.24) is 14.2 Å². The Morgan fingerprint density at radius 1 is 1.29 bits per heavy atom. The number of aromatic nitrogens is 1. The van der Waals surface area contributed by atoms with Crippen LogP contribution in [0.3, 0.4) is 0 Å². The average Bonchev–Trinajstić information content (AvgIpc) is 2.96. The van der Waals surface area contributed by atoms with E-state index < -0.39 is 10.0 Å². The van der Waals surface area contributed by atoms with Crippen LogP contribution in [-0.4, -0.2) is 37.4 Å². The van der Waals surface area contributed by atoms with E-state index in [1.54, 1.807) is 16.5 Å². The number of benzene rings is 1. The molecule has 0 aliphatic heterocycles. The maximum atomic E-state index is 12.8. The molecule has 0 radical (unpaired) electrons. The molecule has 1 amide bonds. The van der Waals surface area contributed by atoms with Crippen LogP contribution in [0.15, 0.2) is 41.4 Å². The van der Waals surface area contributed by atoms with Crippen LogP contribution in [0.1, 0.15) is 28.5 Å². The molecule has 0 aliphatic rings. The molecule has 0 bridgehead atoms. The summed E-state index contributed by atoms with van der Waals surface area (Å²) in [7, 11) is -0.555. The molecule has 0 aliphatic carbocycles. The first-order chi connectivity index (χ1) is 11.3. The lowest BCUT2D eigenvalue weighted by molar-refractivity contribution is 0.0742. The second kappa shape index (κ2) is 7.19. The van der Waals surface area contributed by atoms with Gasteiger partial charge < -0.3 is 9.47 Å². The molecule has 0 saturated heterocycles. The minimum atomic E-state index is -3.57. The van der Waals surface area contributed by atoms with Crippen LogP contribution in [0, 0.1) is 6.92 Å². The van der Waals surface area contributed by atoms with E-state index in [4.69, 9.17) is 0 Å². The van der Waals surface area contributed by atoms with Crippen molar-refractivity contribution in [3.63, 3.8) is 0 Å². The molecule has 2 aromatic rings. The van der Waals surface area contributed by atoms with Gasteiger partial charge in [-0.1, -0.05) is 24.3 Å². The highest BCUT2D eigenvalue weighted by Gasteiger charge is 2.22. The molecule has 0 unspecified atom stereocenters. The van der Waals surface area contributed by atoms with Crippen molar-refractivity contribution in [1.29, 1.82) is 0 Å². The Morgan fingerprint density at radius 2 is 1.96 bits per heavy atom. The summed E-state index contributed by atoms with van der Waals surface area (Å²) in [5.41, 5.74) is 2.54. The maximum absolute atomic E-state index is 12.8. The Bertz CT molecular complexity index is 841. The molecule has 6 nitrogen and oxygen atoms in total. The molecule has 0 atom stereocenters. The lowest BCUT2D eigenvalue weighted by Gasteiger charge is -2.22. The monoisotopic (exact) mass is 349 g/mol. The summed E-state index contributed by atoms with van der Waals surface area (Å²) in [4.78, 5) is 14.6. The van der Waals surface area contributed by atoms with Crippen molar-refractivity contribution in [3.8, 4) is 0 Å². The Hall–Kier alpha value is -2.12. The summed E-state index contributed by atoms with van der Waals surface area (Å²) in [6, 6.07) is 9.32. The highest BCUT2D eigenvalue weighted by Crippen LogP contribution is 2.17. The number of aryl methyl sites for hydroxylation is 2. The smallest absolute Gasteiger partial charge is 0.270 e. The van der Waals surface area contributed by atoms with E-state index in [2.05, 4.69) is 4.72 Å². The zero-order valence-electron chi connectivity index (χ0n) is 14.4. The van der Waals surface area contributed by atoms with Gasteiger partial charge in [-0.05, 0) is 38.1 Å². The third kappa shape index (κ3) is 3.68. The number of amides is 1. The number of nitrogens with one attached hydrogen (secondary N) is 1. The molecule has 1 aromatic heterocycles. The Balaban J connectivity index is 2.31. The van der Waals surface area contributed by atoms with Gasteiger partial charge in [-0.15, -0.1) is 0 Å². The number of sulfonamides is 1. The molecular formula is C17H23N3O3S. The van der Waals surface area contributed by atoms with Gasteiger partial charge in [0.25, 0.3) is 5.91 Å². The largest absolute Gasteiger partial charge is 0.345 e. The zero-order chi connectivity index (χ0) is 17.9. The minimum Gasteiger partial charge on any atom is -0.345 e. The molecule has 7 heteroatoms. The van der Waals surface area contributed by atoms with E-state index in [0.29, 0.717) is 18.8 Å². The molecule has 24 heavy (non-hydrogen) atoms. The zero-order valence-corrected chi connectivity index (χ0v) is 15.2. The number of nitrogens with zero attached hydrogens (tertiary/aromatic N) is 2. The van der Waals surface area contributed by atoms with Gasteiger partial charge in [-0.25, -0.2) is 13.1 Å². The maximum Gasteiger partial charge on any atom is 0.270 e. The number of carbonyl (C=O) groups excluding carboxylic acids is 1. The van der Waals surface area contributed by atoms with Crippen molar-refractivity contribution < 1.29 is 13.2 Å². The lowest BCUT2D eigenvalue weighted by Crippen LogP contribution is -2.31. The Morgan fingerprint density at radius 3 is 2.54 bits per heavy atom. The first-order valence-corrected chi connectivity index (χ1v) is 9.22. The quantitative estimate of drug-likeness (QED) is 0.866. The van der Waals surface area contributed by atoms with Crippen LogP contribution in [0.25, 0.3) is 0 Å². The number of hydrogen-bond acceptors (Lipinski definition) is 3. The second-order valence-corrected chi connectivity index (χ2v) is 7.51. The fraction of sp³-hybridized carbons (Fsp3) is 0.353. The van der Waals surface area contributed by atoms with E-state index in [1.165, 1.54) is 19.3 Å². The van der Waals surface area contributed by atoms with Crippen LogP contribution in [0.4, 0.5) is 0 Å². The van der Waals surface area contributed by atoms with E-state index in [9.17, 15) is 13.2 Å². The number of hydrogen-bond donors (Lipinski definition) is 1. The predicted octanol–water partition coefficient (Wildman–Crippen LogP) is 1.90. The first kappa shape index (κ1) is 18.2. The van der Waals surface area contributed by atoms with Crippen molar-refractivity contribution in [3.05, 3.63) is 53.3 Å². The van der Waals surface area contributed by atoms with Gasteiger partial charge in [-0.2, -0.15) is 0 Å². The van der Waals surface area contributed by atoms with Gasteiger partial charge in [0.15, 0.2) is 0 Å². The van der Waals surface area contributed by atoms with Crippen LogP contribution < -0.4 is 4.72 Å². The summed E-state index contributed by atoms with van der Waals surface area (Å²) >= 11 is 0. The summed E-state index contributed by atoms with van der Waals surface area (Å²) in [5, 5.41) is 0. The Labute approximate surface area is 143 Å². The van der Waals surface area contributed by atoms with Crippen LogP contribution in [-0.2, 0) is 23.6 Å². The molecular weight excluding hydrogens is 326 g/mol. The van der Waals surface area contributed by atoms with Crippen LogP contribution in [0.2, 0.25) is 0 Å². The SMILES string of the molecule is CCN(Cc1ccccc1C)C(=O)c1cc(S(=O)(=O)NC)cn1C. The number of carbonyl (C=O) groups is 1. The highest BCUT2D eigenvalue weighted by molar-refractivity contribution is 7.89. The summed E-state index contributed by atoms with van der Waals surface area (Å²) in [6.45, 7) is 4.94. The molecule has 2 rings (SSSR count). The summed E-state index contributed by atoms with van der Waals surface area (Å²) < 4.78 is 27.6. The first-order valence-electron chi connectivity index (χ1n) is 7.73. The van der Waals surface area contributed by atoms with Crippen molar-refractivity contribution in [2.24, 2.45) is 7.05 Å². The van der Waals surface area contributed by atoms with Gasteiger partial charge in [0.2, 0.25) is 10.0 Å². The van der Waals surface area contributed by atoms with E-state index in [1.807, 2.05) is 38.1 Å². The summed E-state index contributed by atoms with van der Waals surface area (Å²) in [6.07, 6.45) is 1.45. The van der Waals surface area contributed by atoms with Crippen molar-refractivity contribution >= 4 is 15.9 Å². The molecule has 0 fully saturated rings. The number of rotatable bonds is 6. The molecule has 1 aromatic carbocycles. The van der Waals surface area contributed by atoms with Gasteiger partial charge in [0.05, 0.1) is 0 Å². The fourth-order valence-electron chi connectivity index (χ4n) is 2.49. The van der Waals surface area contributed by atoms with Crippen molar-refractivity contribution in [2.75, 3.05) is 13.6 Å². The summed E-state index contributed by atoms with van der Waals surface area (Å²) in [5.74, 6) is -0.194. The molecule has 0 spiro atoms. The average molecular weight is 349 g/mol. The van der Waals surface area contributed by atoms with Gasteiger partial charge in [-0.3, -0.25) is 4.79 Å². The van der Waals surface area contributed by atoms with E-state index in [0.717, 1.165) is 11.1 Å². The third-order valence-corrected chi connectivity index (χ3v) is 5.45. The topological polar surface area (TPSA) is 71.4 Å². The highest BCUT2D eigenvalue weighted by atomic mass is 32.2. The van der Waals surface area contributed by atoms with Gasteiger partial charge in [0, 0.05) is 26.3 Å². The van der Waals surface area contributed by atoms with E-state index in [-0.39, 0.29) is 10.8 Å². The molecule has 1 heterocycles. The van der Waals surface area contributed by atoms with E-state index >= 15 is 0 Å². The van der Waals surface area contributed by atoms with Crippen LogP contribution in [0.5, 0.6) is 0 Å². The fourth-order valence-corrected chi connectivity index (χ4v) is 3.29. The van der Waals surface area contributed by atoms with Crippen molar-refractivity contribution in [2.45, 2.75) is 25.3 Å². The molecule has 0 saturated carbocycles. The third-order valence-electron chi connectivity index (χ3n) is 4.07. The molecule has 1 N–H and O–H groups in total. The lowest BCUT2D eigenvalue weighted by atomic mass is 10.1. The molecule has 130 valence electrons. The minimum absolute atomic E-state index is 0.0859. The van der Waals surface area contributed by atoms with Gasteiger partial charge >= 0.3 is 0 Å². The standard InChI is InChI=1S/C17H23N3O3S/c1-5-20(11-14-9-7-6-8-13(14)2)17(21)16-10-15(12-19(16)4)24(22,23)18-3/h6-10,12,18H,5,11H2,1-4H3. The second-order valence-electron chi connectivity index (χ2n) is 5.63. The van der Waals surface area contributed by atoms with Crippen LogP contribution >= 0.6 is 0 Å².